The van der Waals surface area contributed by atoms with Crippen molar-refractivity contribution in [2.45, 2.75) is 57.4 Å². The average molecular weight is 482 g/mol. The van der Waals surface area contributed by atoms with Crippen LogP contribution in [0.1, 0.15) is 61.7 Å². The third-order valence-electron chi connectivity index (χ3n) is 8.74. The molecule has 1 N–H and O–H groups in total. The van der Waals surface area contributed by atoms with Gasteiger partial charge >= 0.3 is 0 Å². The van der Waals surface area contributed by atoms with Crippen molar-refractivity contribution in [2.75, 3.05) is 70.3 Å². The van der Waals surface area contributed by atoms with Gasteiger partial charge in [0, 0.05) is 76.2 Å². The summed E-state index contributed by atoms with van der Waals surface area (Å²) >= 11 is 0. The predicted molar refractivity (Wildman–Crippen MR) is 140 cm³/mol. The Morgan fingerprint density at radius 2 is 1.57 bits per heavy atom. The van der Waals surface area contributed by atoms with Crippen LogP contribution < -0.4 is 10.2 Å². The van der Waals surface area contributed by atoms with Gasteiger partial charge in [0.15, 0.2) is 0 Å². The van der Waals surface area contributed by atoms with E-state index in [2.05, 4.69) is 31.0 Å². The van der Waals surface area contributed by atoms with Crippen LogP contribution in [-0.2, 0) is 4.79 Å². The van der Waals surface area contributed by atoms with E-state index in [1.165, 1.54) is 51.4 Å². The minimum atomic E-state index is 0.0408. The van der Waals surface area contributed by atoms with E-state index in [-0.39, 0.29) is 11.8 Å². The third-order valence-corrected chi connectivity index (χ3v) is 8.74. The predicted octanol–water partition coefficient (Wildman–Crippen LogP) is 2.82. The molecule has 0 atom stereocenters. The summed E-state index contributed by atoms with van der Waals surface area (Å²) in [5, 5.41) is 3.16. The summed E-state index contributed by atoms with van der Waals surface area (Å²) in [4.78, 5) is 34.9. The summed E-state index contributed by atoms with van der Waals surface area (Å²) in [6.07, 6.45) is 10.5. The van der Waals surface area contributed by atoms with E-state index < -0.39 is 0 Å². The highest BCUT2D eigenvalue weighted by atomic mass is 16.2. The lowest BCUT2D eigenvalue weighted by Gasteiger charge is -2.43. The Balaban J connectivity index is 1.05. The second-order valence-corrected chi connectivity index (χ2v) is 11.0. The van der Waals surface area contributed by atoms with Crippen LogP contribution in [0.4, 0.5) is 5.69 Å². The van der Waals surface area contributed by atoms with Crippen molar-refractivity contribution < 1.29 is 9.59 Å². The van der Waals surface area contributed by atoms with Gasteiger partial charge in [-0.3, -0.25) is 19.4 Å². The summed E-state index contributed by atoms with van der Waals surface area (Å²) in [6.45, 7) is 8.69. The molecule has 1 aromatic carbocycles. The van der Waals surface area contributed by atoms with Gasteiger partial charge in [0.1, 0.15) is 0 Å². The van der Waals surface area contributed by atoms with E-state index in [0.717, 1.165) is 76.2 Å². The highest BCUT2D eigenvalue weighted by molar-refractivity contribution is 5.95. The monoisotopic (exact) mass is 481 g/mol. The molecule has 2 aliphatic heterocycles. The topological polar surface area (TPSA) is 59.1 Å². The smallest absolute Gasteiger partial charge is 0.251 e. The van der Waals surface area contributed by atoms with Crippen LogP contribution in [-0.4, -0.2) is 98.0 Å². The minimum absolute atomic E-state index is 0.0408. The highest BCUT2D eigenvalue weighted by Gasteiger charge is 2.30. The molecule has 35 heavy (non-hydrogen) atoms. The Morgan fingerprint density at radius 3 is 2.26 bits per heavy atom. The van der Waals surface area contributed by atoms with Crippen LogP contribution in [0.3, 0.4) is 0 Å². The third kappa shape index (κ3) is 6.36. The minimum Gasteiger partial charge on any atom is -0.369 e. The number of piperazine rings is 2. The molecule has 7 nitrogen and oxygen atoms in total. The Morgan fingerprint density at radius 1 is 0.829 bits per heavy atom. The van der Waals surface area contributed by atoms with Crippen molar-refractivity contribution in [3.63, 3.8) is 0 Å². The Kier molecular flexibility index (Phi) is 8.24. The van der Waals surface area contributed by atoms with Gasteiger partial charge in [-0.1, -0.05) is 31.7 Å². The van der Waals surface area contributed by atoms with Gasteiger partial charge < -0.3 is 15.1 Å². The maximum Gasteiger partial charge on any atom is 0.251 e. The molecule has 0 unspecified atom stereocenters. The van der Waals surface area contributed by atoms with Crippen molar-refractivity contribution in [1.29, 1.82) is 0 Å². The highest BCUT2D eigenvalue weighted by Crippen LogP contribution is 2.26. The number of rotatable bonds is 7. The molecule has 2 amide bonds. The Bertz CT molecular complexity index is 851. The van der Waals surface area contributed by atoms with Gasteiger partial charge in [-0.05, 0) is 49.8 Å². The lowest BCUT2D eigenvalue weighted by molar-refractivity contribution is -0.134. The van der Waals surface area contributed by atoms with E-state index in [9.17, 15) is 9.59 Å². The number of hydrogen-bond acceptors (Lipinski definition) is 5. The zero-order valence-corrected chi connectivity index (χ0v) is 21.3. The first-order valence-electron chi connectivity index (χ1n) is 14.0. The molecule has 1 aromatic rings. The molecule has 4 aliphatic rings. The summed E-state index contributed by atoms with van der Waals surface area (Å²) in [5.41, 5.74) is 1.85. The number of nitrogens with one attached hydrogen (secondary N) is 1. The van der Waals surface area contributed by atoms with Gasteiger partial charge in [0.25, 0.3) is 5.91 Å². The van der Waals surface area contributed by atoms with Gasteiger partial charge in [-0.15, -0.1) is 0 Å². The summed E-state index contributed by atoms with van der Waals surface area (Å²) in [7, 11) is 0. The molecule has 2 saturated heterocycles. The van der Waals surface area contributed by atoms with Crippen LogP contribution in [0, 0.1) is 5.92 Å². The SMILES string of the molecule is O=C(NCC1CCCCC1)c1cccc(N2CCN(CC(=O)N3CCN(C4CCC4)CC3)CC2)c1. The van der Waals surface area contributed by atoms with Crippen molar-refractivity contribution in [2.24, 2.45) is 5.92 Å². The van der Waals surface area contributed by atoms with E-state index in [0.29, 0.717) is 12.5 Å². The van der Waals surface area contributed by atoms with Crippen LogP contribution >= 0.6 is 0 Å². The molecular formula is C28H43N5O2. The molecule has 192 valence electrons. The number of amides is 2. The quantitative estimate of drug-likeness (QED) is 0.649. The number of hydrogen-bond donors (Lipinski definition) is 1. The van der Waals surface area contributed by atoms with E-state index in [1.807, 2.05) is 18.2 Å². The molecule has 2 heterocycles. The lowest BCUT2D eigenvalue weighted by Crippen LogP contribution is -2.56. The first-order chi connectivity index (χ1) is 17.2. The number of benzene rings is 1. The van der Waals surface area contributed by atoms with E-state index in [4.69, 9.17) is 0 Å². The van der Waals surface area contributed by atoms with Crippen LogP contribution in [0.2, 0.25) is 0 Å². The van der Waals surface area contributed by atoms with Gasteiger partial charge in [-0.25, -0.2) is 0 Å². The van der Waals surface area contributed by atoms with Crippen LogP contribution in [0.25, 0.3) is 0 Å². The fourth-order valence-electron chi connectivity index (χ4n) is 6.12. The molecule has 7 heteroatoms. The van der Waals surface area contributed by atoms with Crippen molar-refractivity contribution >= 4 is 17.5 Å². The first kappa shape index (κ1) is 24.6. The lowest BCUT2D eigenvalue weighted by atomic mass is 9.89. The second kappa shape index (κ2) is 11.7. The zero-order chi connectivity index (χ0) is 24.0. The summed E-state index contributed by atoms with van der Waals surface area (Å²) in [5.74, 6) is 0.959. The van der Waals surface area contributed by atoms with Crippen molar-refractivity contribution in [3.05, 3.63) is 29.8 Å². The largest absolute Gasteiger partial charge is 0.369 e. The Labute approximate surface area is 210 Å². The van der Waals surface area contributed by atoms with Crippen molar-refractivity contribution in [3.8, 4) is 0 Å². The zero-order valence-electron chi connectivity index (χ0n) is 21.3. The first-order valence-corrected chi connectivity index (χ1v) is 14.0. The number of carbonyl (C=O) groups is 2. The molecule has 2 aliphatic carbocycles. The maximum atomic E-state index is 12.9. The number of carbonyl (C=O) groups excluding carboxylic acids is 2. The average Bonchev–Trinajstić information content (AvgIpc) is 2.88. The van der Waals surface area contributed by atoms with Crippen LogP contribution in [0.15, 0.2) is 24.3 Å². The molecule has 0 radical (unpaired) electrons. The standard InChI is InChI=1S/C28H43N5O2/c34-27(33-18-16-31(17-19-33)25-9-5-10-25)22-30-12-14-32(15-13-30)26-11-4-8-24(20-26)28(35)29-21-23-6-2-1-3-7-23/h4,8,11,20,23,25H,1-3,5-7,9-10,12-19,21-22H2,(H,29,35). The van der Waals surface area contributed by atoms with E-state index >= 15 is 0 Å². The second-order valence-electron chi connectivity index (χ2n) is 11.0. The number of anilines is 1. The summed E-state index contributed by atoms with van der Waals surface area (Å²) in [6, 6.07) is 8.81. The fourth-order valence-corrected chi connectivity index (χ4v) is 6.12. The van der Waals surface area contributed by atoms with Crippen LogP contribution in [0.5, 0.6) is 0 Å². The molecule has 5 rings (SSSR count). The van der Waals surface area contributed by atoms with Gasteiger partial charge in [0.2, 0.25) is 5.91 Å². The number of nitrogens with zero attached hydrogens (tertiary/aromatic N) is 4. The normalized spacial score (nSPS) is 23.2. The molecule has 4 fully saturated rings. The van der Waals surface area contributed by atoms with Gasteiger partial charge in [0.05, 0.1) is 6.54 Å². The fraction of sp³-hybridized carbons (Fsp3) is 0.714. The van der Waals surface area contributed by atoms with E-state index in [1.54, 1.807) is 0 Å². The maximum absolute atomic E-state index is 12.9. The molecule has 2 saturated carbocycles. The summed E-state index contributed by atoms with van der Waals surface area (Å²) < 4.78 is 0. The van der Waals surface area contributed by atoms with Gasteiger partial charge in [-0.2, -0.15) is 0 Å². The Hall–Kier alpha value is -2.12. The molecule has 0 bridgehead atoms. The molecule has 0 spiro atoms. The van der Waals surface area contributed by atoms with Crippen molar-refractivity contribution in [1.82, 2.24) is 20.0 Å². The molecule has 0 aromatic heterocycles. The molecular weight excluding hydrogens is 438 g/mol.